The highest BCUT2D eigenvalue weighted by atomic mass is 35.5. The zero-order valence-corrected chi connectivity index (χ0v) is 11.8. The molecule has 0 atom stereocenters. The number of anilines is 1. The summed E-state index contributed by atoms with van der Waals surface area (Å²) in [5, 5.41) is 7.81. The van der Waals surface area contributed by atoms with E-state index in [9.17, 15) is 0 Å². The standard InChI is InChI=1S/C16H14ClN3/c1-10-5-4-6-11(9-10)15-14(16(18)20-19-15)12-7-2-3-8-13(12)17/h2-9H,1H3,(H3,18,19,20). The smallest absolute Gasteiger partial charge is 0.153 e. The normalized spacial score (nSPS) is 10.7. The highest BCUT2D eigenvalue weighted by molar-refractivity contribution is 6.33. The van der Waals surface area contributed by atoms with Gasteiger partial charge in [-0.1, -0.05) is 53.6 Å². The van der Waals surface area contributed by atoms with Crippen LogP contribution in [0.2, 0.25) is 5.02 Å². The molecule has 0 aliphatic carbocycles. The van der Waals surface area contributed by atoms with Crippen LogP contribution < -0.4 is 5.73 Å². The van der Waals surface area contributed by atoms with Gasteiger partial charge in [-0.3, -0.25) is 5.10 Å². The minimum atomic E-state index is 0.453. The third-order valence-electron chi connectivity index (χ3n) is 3.24. The van der Waals surface area contributed by atoms with Crippen molar-refractivity contribution in [1.29, 1.82) is 0 Å². The molecule has 0 spiro atoms. The van der Waals surface area contributed by atoms with Gasteiger partial charge >= 0.3 is 0 Å². The molecule has 3 nitrogen and oxygen atoms in total. The van der Waals surface area contributed by atoms with E-state index in [1.165, 1.54) is 5.56 Å². The number of H-pyrrole nitrogens is 1. The largest absolute Gasteiger partial charge is 0.382 e. The van der Waals surface area contributed by atoms with E-state index in [1.54, 1.807) is 0 Å². The van der Waals surface area contributed by atoms with Crippen molar-refractivity contribution in [3.63, 3.8) is 0 Å². The number of hydrogen-bond acceptors (Lipinski definition) is 2. The zero-order chi connectivity index (χ0) is 14.1. The maximum atomic E-state index is 6.28. The summed E-state index contributed by atoms with van der Waals surface area (Å²) in [7, 11) is 0. The first-order valence-corrected chi connectivity index (χ1v) is 6.70. The SMILES string of the molecule is Cc1cccc(-c2[nH]nc(N)c2-c2ccccc2Cl)c1. The molecule has 2 aromatic carbocycles. The fraction of sp³-hybridized carbons (Fsp3) is 0.0625. The van der Waals surface area contributed by atoms with E-state index in [-0.39, 0.29) is 0 Å². The predicted octanol–water partition coefficient (Wildman–Crippen LogP) is 4.29. The Hall–Kier alpha value is -2.26. The lowest BCUT2D eigenvalue weighted by molar-refractivity contribution is 1.10. The Morgan fingerprint density at radius 2 is 1.90 bits per heavy atom. The van der Waals surface area contributed by atoms with Crippen LogP contribution in [0.15, 0.2) is 48.5 Å². The van der Waals surface area contributed by atoms with Gasteiger partial charge in [-0.25, -0.2) is 0 Å². The third kappa shape index (κ3) is 2.17. The van der Waals surface area contributed by atoms with E-state index in [0.29, 0.717) is 10.8 Å². The number of nitrogens with zero attached hydrogens (tertiary/aromatic N) is 1. The number of hydrogen-bond donors (Lipinski definition) is 2. The fourth-order valence-electron chi connectivity index (χ4n) is 2.30. The van der Waals surface area contributed by atoms with Crippen molar-refractivity contribution in [2.24, 2.45) is 0 Å². The summed E-state index contributed by atoms with van der Waals surface area (Å²) in [5.74, 6) is 0.453. The van der Waals surface area contributed by atoms with Gasteiger partial charge < -0.3 is 5.73 Å². The van der Waals surface area contributed by atoms with Crippen LogP contribution in [0.1, 0.15) is 5.56 Å². The summed E-state index contributed by atoms with van der Waals surface area (Å²) in [5.41, 5.74) is 10.9. The Labute approximate surface area is 122 Å². The molecule has 0 amide bonds. The lowest BCUT2D eigenvalue weighted by atomic mass is 10.00. The molecule has 0 bridgehead atoms. The van der Waals surface area contributed by atoms with Crippen LogP contribution in [0.25, 0.3) is 22.4 Å². The van der Waals surface area contributed by atoms with E-state index in [1.807, 2.05) is 36.4 Å². The molecular formula is C16H14ClN3. The number of nitrogen functional groups attached to an aromatic ring is 1. The minimum Gasteiger partial charge on any atom is -0.382 e. The van der Waals surface area contributed by atoms with Gasteiger partial charge in [0.1, 0.15) is 0 Å². The molecule has 0 radical (unpaired) electrons. The molecule has 20 heavy (non-hydrogen) atoms. The predicted molar refractivity (Wildman–Crippen MR) is 83.6 cm³/mol. The van der Waals surface area contributed by atoms with Crippen LogP contribution >= 0.6 is 11.6 Å². The fourth-order valence-corrected chi connectivity index (χ4v) is 2.53. The topological polar surface area (TPSA) is 54.7 Å². The molecule has 0 saturated heterocycles. The number of aryl methyl sites for hydroxylation is 1. The first-order valence-electron chi connectivity index (χ1n) is 6.32. The molecule has 1 heterocycles. The molecule has 0 fully saturated rings. The Balaban J connectivity index is 2.23. The Morgan fingerprint density at radius 1 is 1.10 bits per heavy atom. The molecule has 4 heteroatoms. The van der Waals surface area contributed by atoms with Crippen LogP contribution in [0.3, 0.4) is 0 Å². The summed E-state index contributed by atoms with van der Waals surface area (Å²) < 4.78 is 0. The number of halogens is 1. The van der Waals surface area contributed by atoms with Gasteiger partial charge in [0, 0.05) is 16.1 Å². The first-order chi connectivity index (χ1) is 9.66. The summed E-state index contributed by atoms with van der Waals surface area (Å²) in [6.45, 7) is 2.05. The number of aromatic amines is 1. The summed E-state index contributed by atoms with van der Waals surface area (Å²) in [6, 6.07) is 15.8. The van der Waals surface area contributed by atoms with Crippen molar-refractivity contribution in [3.05, 3.63) is 59.1 Å². The molecular weight excluding hydrogens is 270 g/mol. The van der Waals surface area contributed by atoms with Crippen molar-refractivity contribution in [2.75, 3.05) is 5.73 Å². The quantitative estimate of drug-likeness (QED) is 0.737. The van der Waals surface area contributed by atoms with Crippen molar-refractivity contribution in [2.45, 2.75) is 6.92 Å². The molecule has 3 rings (SSSR count). The lowest BCUT2D eigenvalue weighted by Crippen LogP contribution is -1.89. The van der Waals surface area contributed by atoms with Gasteiger partial charge in [0.25, 0.3) is 0 Å². The second-order valence-electron chi connectivity index (χ2n) is 4.71. The monoisotopic (exact) mass is 283 g/mol. The second-order valence-corrected chi connectivity index (χ2v) is 5.12. The molecule has 0 aliphatic heterocycles. The van der Waals surface area contributed by atoms with E-state index in [2.05, 4.69) is 29.3 Å². The lowest BCUT2D eigenvalue weighted by Gasteiger charge is -2.07. The zero-order valence-electron chi connectivity index (χ0n) is 11.0. The van der Waals surface area contributed by atoms with Gasteiger partial charge in [-0.2, -0.15) is 5.10 Å². The van der Waals surface area contributed by atoms with Crippen molar-refractivity contribution in [3.8, 4) is 22.4 Å². The molecule has 1 aromatic heterocycles. The summed E-state index contributed by atoms with van der Waals surface area (Å²) >= 11 is 6.28. The molecule has 0 aliphatic rings. The highest BCUT2D eigenvalue weighted by Crippen LogP contribution is 2.38. The maximum Gasteiger partial charge on any atom is 0.153 e. The summed E-state index contributed by atoms with van der Waals surface area (Å²) in [4.78, 5) is 0. The van der Waals surface area contributed by atoms with E-state index in [4.69, 9.17) is 17.3 Å². The molecule has 100 valence electrons. The molecule has 3 aromatic rings. The molecule has 0 saturated carbocycles. The second kappa shape index (κ2) is 5.02. The Bertz CT molecular complexity index is 762. The van der Waals surface area contributed by atoms with Gasteiger partial charge in [-0.15, -0.1) is 0 Å². The van der Waals surface area contributed by atoms with Crippen LogP contribution in [0.5, 0.6) is 0 Å². The van der Waals surface area contributed by atoms with Gasteiger partial charge in [0.05, 0.1) is 11.3 Å². The average molecular weight is 284 g/mol. The number of rotatable bonds is 2. The highest BCUT2D eigenvalue weighted by Gasteiger charge is 2.16. The van der Waals surface area contributed by atoms with Crippen molar-refractivity contribution < 1.29 is 0 Å². The number of benzene rings is 2. The Kier molecular flexibility index (Phi) is 3.20. The maximum absolute atomic E-state index is 6.28. The van der Waals surface area contributed by atoms with Gasteiger partial charge in [-0.05, 0) is 19.1 Å². The number of nitrogens with two attached hydrogens (primary N) is 1. The van der Waals surface area contributed by atoms with Crippen molar-refractivity contribution >= 4 is 17.4 Å². The number of aromatic nitrogens is 2. The molecule has 3 N–H and O–H groups in total. The van der Waals surface area contributed by atoms with Gasteiger partial charge in [0.2, 0.25) is 0 Å². The first kappa shape index (κ1) is 12.8. The van der Waals surface area contributed by atoms with E-state index in [0.717, 1.165) is 22.4 Å². The average Bonchev–Trinajstić information content (AvgIpc) is 2.81. The minimum absolute atomic E-state index is 0.453. The summed E-state index contributed by atoms with van der Waals surface area (Å²) in [6.07, 6.45) is 0. The van der Waals surface area contributed by atoms with Gasteiger partial charge in [0.15, 0.2) is 5.82 Å². The van der Waals surface area contributed by atoms with Crippen LogP contribution in [-0.4, -0.2) is 10.2 Å². The van der Waals surface area contributed by atoms with E-state index >= 15 is 0 Å². The van der Waals surface area contributed by atoms with Crippen LogP contribution in [0, 0.1) is 6.92 Å². The van der Waals surface area contributed by atoms with Crippen LogP contribution in [-0.2, 0) is 0 Å². The molecule has 0 unspecified atom stereocenters. The van der Waals surface area contributed by atoms with E-state index < -0.39 is 0 Å². The number of nitrogens with one attached hydrogen (secondary N) is 1. The van der Waals surface area contributed by atoms with Crippen LogP contribution in [0.4, 0.5) is 5.82 Å². The third-order valence-corrected chi connectivity index (χ3v) is 3.57. The van der Waals surface area contributed by atoms with Crippen molar-refractivity contribution in [1.82, 2.24) is 10.2 Å². The Morgan fingerprint density at radius 3 is 2.65 bits per heavy atom.